The summed E-state index contributed by atoms with van der Waals surface area (Å²) in [4.78, 5) is 0. The van der Waals surface area contributed by atoms with Crippen molar-refractivity contribution in [2.75, 3.05) is 0 Å². The van der Waals surface area contributed by atoms with E-state index in [0.717, 1.165) is 12.0 Å². The van der Waals surface area contributed by atoms with Crippen molar-refractivity contribution in [1.82, 2.24) is 0 Å². The molecule has 2 rings (SSSR count). The summed E-state index contributed by atoms with van der Waals surface area (Å²) in [5.74, 6) is 0.651. The van der Waals surface area contributed by atoms with E-state index in [9.17, 15) is 13.2 Å². The molecule has 1 aliphatic rings. The third-order valence-corrected chi connectivity index (χ3v) is 3.06. The van der Waals surface area contributed by atoms with Gasteiger partial charge in [-0.1, -0.05) is 12.1 Å². The maximum absolute atomic E-state index is 11.9. The van der Waals surface area contributed by atoms with Gasteiger partial charge in [0.25, 0.3) is 0 Å². The van der Waals surface area contributed by atoms with Crippen LogP contribution in [0, 0.1) is 5.92 Å². The SMILES string of the molecule is C[C@@H](N)[C@H]1C[C@@H]1c1ccc(OC(F)(F)F)cc1. The predicted molar refractivity (Wildman–Crippen MR) is 57.6 cm³/mol. The summed E-state index contributed by atoms with van der Waals surface area (Å²) in [6, 6.07) is 6.17. The van der Waals surface area contributed by atoms with Gasteiger partial charge in [-0.15, -0.1) is 13.2 Å². The van der Waals surface area contributed by atoms with E-state index in [4.69, 9.17) is 5.73 Å². The number of nitrogens with two attached hydrogens (primary N) is 1. The van der Waals surface area contributed by atoms with E-state index in [0.29, 0.717) is 11.8 Å². The molecule has 0 radical (unpaired) electrons. The van der Waals surface area contributed by atoms with Gasteiger partial charge in [0, 0.05) is 6.04 Å². The van der Waals surface area contributed by atoms with Crippen LogP contribution in [0.5, 0.6) is 5.75 Å². The van der Waals surface area contributed by atoms with Gasteiger partial charge >= 0.3 is 6.36 Å². The molecule has 0 bridgehead atoms. The highest BCUT2D eigenvalue weighted by molar-refractivity contribution is 5.33. The van der Waals surface area contributed by atoms with Gasteiger partial charge in [0.2, 0.25) is 0 Å². The topological polar surface area (TPSA) is 35.2 Å². The van der Waals surface area contributed by atoms with Crippen LogP contribution in [0.3, 0.4) is 0 Å². The molecule has 94 valence electrons. The van der Waals surface area contributed by atoms with Crippen molar-refractivity contribution in [2.45, 2.75) is 31.7 Å². The fourth-order valence-corrected chi connectivity index (χ4v) is 2.10. The molecule has 0 aromatic heterocycles. The molecule has 1 fully saturated rings. The summed E-state index contributed by atoms with van der Waals surface area (Å²) in [6.07, 6.45) is -3.62. The maximum Gasteiger partial charge on any atom is 0.573 e. The standard InChI is InChI=1S/C12H14F3NO/c1-7(16)10-6-11(10)8-2-4-9(5-3-8)17-12(13,14)15/h2-5,7,10-11H,6,16H2,1H3/t7-,10-,11-/m1/s1. The zero-order valence-corrected chi connectivity index (χ0v) is 9.37. The third kappa shape index (κ3) is 3.12. The Morgan fingerprint density at radius 2 is 1.88 bits per heavy atom. The summed E-state index contributed by atoms with van der Waals surface area (Å²) >= 11 is 0. The Labute approximate surface area is 97.6 Å². The van der Waals surface area contributed by atoms with Gasteiger partial charge in [0.15, 0.2) is 0 Å². The zero-order chi connectivity index (χ0) is 12.6. The molecule has 0 amide bonds. The predicted octanol–water partition coefficient (Wildman–Crippen LogP) is 3.04. The molecule has 1 aromatic carbocycles. The number of ether oxygens (including phenoxy) is 1. The Kier molecular flexibility index (Phi) is 3.03. The summed E-state index contributed by atoms with van der Waals surface area (Å²) in [7, 11) is 0. The molecule has 1 aromatic rings. The molecule has 2 nitrogen and oxygen atoms in total. The number of halogens is 3. The van der Waals surface area contributed by atoms with Crippen molar-refractivity contribution in [3.63, 3.8) is 0 Å². The molecular weight excluding hydrogens is 231 g/mol. The molecule has 5 heteroatoms. The van der Waals surface area contributed by atoms with Crippen LogP contribution in [-0.4, -0.2) is 12.4 Å². The molecule has 0 aliphatic heterocycles. The molecule has 1 aliphatic carbocycles. The van der Waals surface area contributed by atoms with Gasteiger partial charge in [-0.05, 0) is 42.9 Å². The lowest BCUT2D eigenvalue weighted by atomic mass is 10.1. The highest BCUT2D eigenvalue weighted by Crippen LogP contribution is 2.49. The molecule has 0 heterocycles. The first-order chi connectivity index (χ1) is 7.87. The largest absolute Gasteiger partial charge is 0.573 e. The summed E-state index contributed by atoms with van der Waals surface area (Å²) in [5, 5.41) is 0. The number of hydrogen-bond donors (Lipinski definition) is 1. The van der Waals surface area contributed by atoms with Gasteiger partial charge in [0.05, 0.1) is 0 Å². The minimum absolute atomic E-state index is 0.131. The monoisotopic (exact) mass is 245 g/mol. The summed E-state index contributed by atoms with van der Waals surface area (Å²) in [6.45, 7) is 1.95. The molecule has 0 saturated heterocycles. The second-order valence-electron chi connectivity index (χ2n) is 4.48. The van der Waals surface area contributed by atoms with Crippen molar-refractivity contribution < 1.29 is 17.9 Å². The Hall–Kier alpha value is -1.23. The number of hydrogen-bond acceptors (Lipinski definition) is 2. The van der Waals surface area contributed by atoms with Crippen LogP contribution < -0.4 is 10.5 Å². The van der Waals surface area contributed by atoms with Crippen LogP contribution in [0.15, 0.2) is 24.3 Å². The normalized spacial score (nSPS) is 25.5. The molecule has 3 atom stereocenters. The summed E-state index contributed by atoms with van der Waals surface area (Å²) < 4.78 is 39.6. The van der Waals surface area contributed by atoms with Gasteiger partial charge in [-0.2, -0.15) is 0 Å². The third-order valence-electron chi connectivity index (χ3n) is 3.06. The fraction of sp³-hybridized carbons (Fsp3) is 0.500. The molecule has 17 heavy (non-hydrogen) atoms. The first-order valence-electron chi connectivity index (χ1n) is 5.48. The van der Waals surface area contributed by atoms with Crippen LogP contribution in [0.4, 0.5) is 13.2 Å². The van der Waals surface area contributed by atoms with Gasteiger partial charge < -0.3 is 10.5 Å². The van der Waals surface area contributed by atoms with E-state index in [-0.39, 0.29) is 11.8 Å². The van der Waals surface area contributed by atoms with Crippen molar-refractivity contribution >= 4 is 0 Å². The lowest BCUT2D eigenvalue weighted by Crippen LogP contribution is -2.18. The Morgan fingerprint density at radius 1 is 1.29 bits per heavy atom. The molecule has 0 unspecified atom stereocenters. The average molecular weight is 245 g/mol. The van der Waals surface area contributed by atoms with E-state index in [1.807, 2.05) is 6.92 Å². The van der Waals surface area contributed by atoms with Crippen LogP contribution >= 0.6 is 0 Å². The smallest absolute Gasteiger partial charge is 0.406 e. The Morgan fingerprint density at radius 3 is 2.29 bits per heavy atom. The molecule has 2 N–H and O–H groups in total. The van der Waals surface area contributed by atoms with Crippen LogP contribution in [-0.2, 0) is 0 Å². The first-order valence-corrected chi connectivity index (χ1v) is 5.48. The number of benzene rings is 1. The van der Waals surface area contributed by atoms with Crippen LogP contribution in [0.2, 0.25) is 0 Å². The van der Waals surface area contributed by atoms with E-state index < -0.39 is 6.36 Å². The van der Waals surface area contributed by atoms with E-state index in [1.54, 1.807) is 12.1 Å². The number of alkyl halides is 3. The highest BCUT2D eigenvalue weighted by atomic mass is 19.4. The quantitative estimate of drug-likeness (QED) is 0.888. The molecular formula is C12H14F3NO. The van der Waals surface area contributed by atoms with Crippen molar-refractivity contribution in [2.24, 2.45) is 11.7 Å². The van der Waals surface area contributed by atoms with Crippen LogP contribution in [0.1, 0.15) is 24.8 Å². The minimum atomic E-state index is -4.63. The first kappa shape index (κ1) is 12.2. The lowest BCUT2D eigenvalue weighted by Gasteiger charge is -2.09. The second-order valence-corrected chi connectivity index (χ2v) is 4.48. The van der Waals surface area contributed by atoms with Crippen molar-refractivity contribution in [3.8, 4) is 5.75 Å². The molecule has 1 saturated carbocycles. The fourth-order valence-electron chi connectivity index (χ4n) is 2.10. The Balaban J connectivity index is 2.00. The van der Waals surface area contributed by atoms with Gasteiger partial charge in [-0.3, -0.25) is 0 Å². The van der Waals surface area contributed by atoms with Gasteiger partial charge in [-0.25, -0.2) is 0 Å². The van der Waals surface area contributed by atoms with Crippen molar-refractivity contribution in [3.05, 3.63) is 29.8 Å². The zero-order valence-electron chi connectivity index (χ0n) is 9.37. The molecule has 0 spiro atoms. The van der Waals surface area contributed by atoms with Gasteiger partial charge in [0.1, 0.15) is 5.75 Å². The van der Waals surface area contributed by atoms with E-state index >= 15 is 0 Å². The minimum Gasteiger partial charge on any atom is -0.406 e. The summed E-state index contributed by atoms with van der Waals surface area (Å²) in [5.41, 5.74) is 6.79. The lowest BCUT2D eigenvalue weighted by molar-refractivity contribution is -0.274. The number of rotatable bonds is 3. The van der Waals surface area contributed by atoms with Crippen LogP contribution in [0.25, 0.3) is 0 Å². The highest BCUT2D eigenvalue weighted by Gasteiger charge is 2.40. The Bertz CT molecular complexity index is 386. The average Bonchev–Trinajstić information content (AvgIpc) is 2.96. The second kappa shape index (κ2) is 4.22. The van der Waals surface area contributed by atoms with E-state index in [2.05, 4.69) is 4.74 Å². The maximum atomic E-state index is 11.9. The van der Waals surface area contributed by atoms with E-state index in [1.165, 1.54) is 12.1 Å². The van der Waals surface area contributed by atoms with Crippen molar-refractivity contribution in [1.29, 1.82) is 0 Å².